The van der Waals surface area contributed by atoms with E-state index in [1.807, 2.05) is 48.5 Å². The summed E-state index contributed by atoms with van der Waals surface area (Å²) in [5, 5.41) is 5.65. The smallest absolute Gasteiger partial charge is 0.308 e. The second-order valence-corrected chi connectivity index (χ2v) is 5.78. The second-order valence-electron chi connectivity index (χ2n) is 5.78. The van der Waals surface area contributed by atoms with Gasteiger partial charge >= 0.3 is 6.03 Å². The van der Waals surface area contributed by atoms with Crippen LogP contribution in [-0.2, 0) is 5.41 Å². The molecule has 0 heterocycles. The van der Waals surface area contributed by atoms with E-state index in [2.05, 4.69) is 37.5 Å². The number of anilines is 2. The van der Waals surface area contributed by atoms with Gasteiger partial charge in [-0.2, -0.15) is 0 Å². The summed E-state index contributed by atoms with van der Waals surface area (Å²) in [7, 11) is 0. The van der Waals surface area contributed by atoms with Crippen LogP contribution in [0.3, 0.4) is 0 Å². The van der Waals surface area contributed by atoms with Gasteiger partial charge < -0.3 is 10.6 Å². The first kappa shape index (κ1) is 14.1. The van der Waals surface area contributed by atoms with Crippen LogP contribution in [0.15, 0.2) is 54.6 Å². The molecule has 104 valence electrons. The molecule has 0 atom stereocenters. The molecule has 2 rings (SSSR count). The molecular weight excluding hydrogens is 248 g/mol. The van der Waals surface area contributed by atoms with Crippen molar-refractivity contribution in [3.05, 3.63) is 60.2 Å². The van der Waals surface area contributed by atoms with Crippen molar-refractivity contribution in [3.8, 4) is 0 Å². The van der Waals surface area contributed by atoms with Crippen molar-refractivity contribution in [3.63, 3.8) is 0 Å². The zero-order valence-corrected chi connectivity index (χ0v) is 12.1. The Morgan fingerprint density at radius 3 is 2.10 bits per heavy atom. The highest BCUT2D eigenvalue weighted by Crippen LogP contribution is 2.24. The summed E-state index contributed by atoms with van der Waals surface area (Å²) < 4.78 is 0. The van der Waals surface area contributed by atoms with Crippen LogP contribution in [0.1, 0.15) is 26.3 Å². The third-order valence-corrected chi connectivity index (χ3v) is 3.02. The quantitative estimate of drug-likeness (QED) is 0.819. The molecule has 0 aliphatic rings. The van der Waals surface area contributed by atoms with Gasteiger partial charge in [-0.15, -0.1) is 0 Å². The lowest BCUT2D eigenvalue weighted by Crippen LogP contribution is -2.20. The monoisotopic (exact) mass is 268 g/mol. The van der Waals surface area contributed by atoms with Crippen LogP contribution in [0.5, 0.6) is 0 Å². The Balaban J connectivity index is 2.05. The van der Waals surface area contributed by atoms with Crippen molar-refractivity contribution in [2.75, 3.05) is 10.6 Å². The Morgan fingerprint density at radius 2 is 1.45 bits per heavy atom. The van der Waals surface area contributed by atoms with Crippen LogP contribution in [-0.4, -0.2) is 6.03 Å². The van der Waals surface area contributed by atoms with E-state index in [0.29, 0.717) is 0 Å². The number of para-hydroxylation sites is 1. The molecule has 3 nitrogen and oxygen atoms in total. The van der Waals surface area contributed by atoms with Gasteiger partial charge in [0.25, 0.3) is 0 Å². The van der Waals surface area contributed by atoms with Gasteiger partial charge in [0, 0.05) is 11.4 Å². The van der Waals surface area contributed by atoms with E-state index in [1.54, 1.807) is 0 Å². The highest BCUT2D eigenvalue weighted by Gasteiger charge is 2.14. The van der Waals surface area contributed by atoms with Gasteiger partial charge in [-0.3, -0.25) is 0 Å². The number of rotatable bonds is 2. The second kappa shape index (κ2) is 5.78. The molecule has 0 bridgehead atoms. The Labute approximate surface area is 120 Å². The Morgan fingerprint density at radius 1 is 0.850 bits per heavy atom. The van der Waals surface area contributed by atoms with Gasteiger partial charge in [-0.05, 0) is 35.2 Å². The molecule has 2 aromatic carbocycles. The van der Waals surface area contributed by atoms with Crippen LogP contribution >= 0.6 is 0 Å². The Kier molecular flexibility index (Phi) is 4.08. The molecule has 0 aliphatic carbocycles. The average molecular weight is 268 g/mol. The normalized spacial score (nSPS) is 10.9. The van der Waals surface area contributed by atoms with Crippen molar-refractivity contribution in [2.24, 2.45) is 0 Å². The lowest BCUT2D eigenvalue weighted by molar-refractivity contribution is 0.262. The number of carbonyl (C=O) groups is 1. The predicted octanol–water partition coefficient (Wildman–Crippen LogP) is 4.63. The first-order chi connectivity index (χ1) is 9.45. The summed E-state index contributed by atoms with van der Waals surface area (Å²) in [5.74, 6) is 0. The van der Waals surface area contributed by atoms with E-state index in [4.69, 9.17) is 0 Å². The van der Waals surface area contributed by atoms with Gasteiger partial charge in [-0.1, -0.05) is 51.1 Å². The standard InChI is InChI=1S/C17H20N2O/c1-17(2,3)13-8-7-11-15(12-13)19-16(20)18-14-9-5-4-6-10-14/h4-12H,1-3H3,(H2,18,19,20). The number of benzene rings is 2. The molecule has 0 unspecified atom stereocenters. The van der Waals surface area contributed by atoms with Gasteiger partial charge in [0.2, 0.25) is 0 Å². The van der Waals surface area contributed by atoms with Gasteiger partial charge in [-0.25, -0.2) is 4.79 Å². The SMILES string of the molecule is CC(C)(C)c1cccc(NC(=O)Nc2ccccc2)c1. The first-order valence-electron chi connectivity index (χ1n) is 6.69. The summed E-state index contributed by atoms with van der Waals surface area (Å²) in [5.41, 5.74) is 2.82. The van der Waals surface area contributed by atoms with Crippen LogP contribution in [0, 0.1) is 0 Å². The third-order valence-electron chi connectivity index (χ3n) is 3.02. The lowest BCUT2D eigenvalue weighted by Gasteiger charge is -2.20. The molecule has 2 N–H and O–H groups in total. The molecule has 0 aromatic heterocycles. The predicted molar refractivity (Wildman–Crippen MR) is 84.2 cm³/mol. The first-order valence-corrected chi connectivity index (χ1v) is 6.69. The van der Waals surface area contributed by atoms with E-state index in [9.17, 15) is 4.79 Å². The minimum Gasteiger partial charge on any atom is -0.308 e. The molecular formula is C17H20N2O. The van der Waals surface area contributed by atoms with Crippen LogP contribution in [0.2, 0.25) is 0 Å². The topological polar surface area (TPSA) is 41.1 Å². The van der Waals surface area contributed by atoms with Crippen molar-refractivity contribution in [2.45, 2.75) is 26.2 Å². The maximum Gasteiger partial charge on any atom is 0.323 e. The number of urea groups is 1. The maximum atomic E-state index is 11.9. The molecule has 3 heteroatoms. The van der Waals surface area contributed by atoms with Crippen molar-refractivity contribution >= 4 is 17.4 Å². The molecule has 2 amide bonds. The van der Waals surface area contributed by atoms with Crippen LogP contribution < -0.4 is 10.6 Å². The van der Waals surface area contributed by atoms with Gasteiger partial charge in [0.1, 0.15) is 0 Å². The van der Waals surface area contributed by atoms with Crippen molar-refractivity contribution in [1.29, 1.82) is 0 Å². The van der Waals surface area contributed by atoms with E-state index >= 15 is 0 Å². The minimum absolute atomic E-state index is 0.0631. The minimum atomic E-state index is -0.234. The molecule has 0 spiro atoms. The number of carbonyl (C=O) groups excluding carboxylic acids is 1. The molecule has 20 heavy (non-hydrogen) atoms. The fourth-order valence-corrected chi connectivity index (χ4v) is 1.88. The lowest BCUT2D eigenvalue weighted by atomic mass is 9.87. The Bertz CT molecular complexity index is 585. The van der Waals surface area contributed by atoms with Crippen LogP contribution in [0.25, 0.3) is 0 Å². The highest BCUT2D eigenvalue weighted by atomic mass is 16.2. The fourth-order valence-electron chi connectivity index (χ4n) is 1.88. The number of hydrogen-bond donors (Lipinski definition) is 2. The molecule has 0 fully saturated rings. The van der Waals surface area contributed by atoms with E-state index in [-0.39, 0.29) is 11.4 Å². The summed E-state index contributed by atoms with van der Waals surface area (Å²) in [6.07, 6.45) is 0. The summed E-state index contributed by atoms with van der Waals surface area (Å²) in [4.78, 5) is 11.9. The van der Waals surface area contributed by atoms with Gasteiger partial charge in [0.05, 0.1) is 0 Å². The number of nitrogens with one attached hydrogen (secondary N) is 2. The zero-order valence-electron chi connectivity index (χ0n) is 12.1. The molecule has 2 aromatic rings. The molecule has 0 saturated heterocycles. The molecule has 0 radical (unpaired) electrons. The third kappa shape index (κ3) is 3.85. The zero-order chi connectivity index (χ0) is 14.6. The van der Waals surface area contributed by atoms with Crippen LogP contribution in [0.4, 0.5) is 16.2 Å². The van der Waals surface area contributed by atoms with Gasteiger partial charge in [0.15, 0.2) is 0 Å². The molecule has 0 saturated carbocycles. The number of hydrogen-bond acceptors (Lipinski definition) is 1. The van der Waals surface area contributed by atoms with Crippen molar-refractivity contribution in [1.82, 2.24) is 0 Å². The summed E-state index contributed by atoms with van der Waals surface area (Å²) in [6.45, 7) is 6.45. The summed E-state index contributed by atoms with van der Waals surface area (Å²) in [6, 6.07) is 17.1. The Hall–Kier alpha value is -2.29. The highest BCUT2D eigenvalue weighted by molar-refractivity contribution is 5.99. The fraction of sp³-hybridized carbons (Fsp3) is 0.235. The largest absolute Gasteiger partial charge is 0.323 e. The number of amides is 2. The molecule has 0 aliphatic heterocycles. The maximum absolute atomic E-state index is 11.9. The summed E-state index contributed by atoms with van der Waals surface area (Å²) >= 11 is 0. The van der Waals surface area contributed by atoms with E-state index < -0.39 is 0 Å². The van der Waals surface area contributed by atoms with E-state index in [1.165, 1.54) is 5.56 Å². The average Bonchev–Trinajstić information content (AvgIpc) is 2.39. The van der Waals surface area contributed by atoms with Crippen molar-refractivity contribution < 1.29 is 4.79 Å². The van der Waals surface area contributed by atoms with E-state index in [0.717, 1.165) is 11.4 Å².